The molecule has 2 heterocycles. The van der Waals surface area contributed by atoms with E-state index in [1.165, 1.54) is 38.7 Å². The van der Waals surface area contributed by atoms with Crippen LogP contribution < -0.4 is 0 Å². The molecule has 3 aromatic rings. The zero-order valence-electron chi connectivity index (χ0n) is 18.8. The van der Waals surface area contributed by atoms with Crippen LogP contribution in [0.4, 0.5) is 0 Å². The molecule has 0 saturated carbocycles. The summed E-state index contributed by atoms with van der Waals surface area (Å²) in [6.07, 6.45) is 5.31. The van der Waals surface area contributed by atoms with Crippen molar-refractivity contribution in [1.82, 2.24) is 9.55 Å². The molecule has 2 aromatic heterocycles. The number of rotatable bonds is 2. The summed E-state index contributed by atoms with van der Waals surface area (Å²) in [5, 5.41) is 10.9. The number of benzene rings is 1. The first-order valence-corrected chi connectivity index (χ1v) is 10.3. The third-order valence-corrected chi connectivity index (χ3v) is 7.17. The molecule has 1 aromatic carbocycles. The minimum absolute atomic E-state index is 0.129. The minimum Gasteiger partial charge on any atom is -0.350 e. The van der Waals surface area contributed by atoms with Crippen LogP contribution in [0.5, 0.6) is 0 Å². The van der Waals surface area contributed by atoms with E-state index in [-0.39, 0.29) is 5.41 Å². The number of allylic oxidation sites excluding steroid dienone is 1. The van der Waals surface area contributed by atoms with Gasteiger partial charge in [-0.1, -0.05) is 25.5 Å². The van der Waals surface area contributed by atoms with Crippen LogP contribution in [0.2, 0.25) is 0 Å². The first-order valence-electron chi connectivity index (χ1n) is 10.3. The molecule has 0 amide bonds. The molecule has 0 aliphatic heterocycles. The highest BCUT2D eigenvalue weighted by Gasteiger charge is 2.34. The smallest absolute Gasteiger partial charge is 0.101 e. The maximum Gasteiger partial charge on any atom is 0.101 e. The summed E-state index contributed by atoms with van der Waals surface area (Å²) in [4.78, 5) is 4.78. The fraction of sp³-hybridized carbons (Fsp3) is 0.385. The lowest BCUT2D eigenvalue weighted by atomic mass is 9.72. The fourth-order valence-electron chi connectivity index (χ4n) is 5.25. The summed E-state index contributed by atoms with van der Waals surface area (Å²) in [6, 6.07) is 4.59. The van der Waals surface area contributed by atoms with Crippen LogP contribution in [0.1, 0.15) is 64.2 Å². The van der Waals surface area contributed by atoms with Gasteiger partial charge in [-0.05, 0) is 68.5 Å². The fourth-order valence-corrected chi connectivity index (χ4v) is 5.25. The van der Waals surface area contributed by atoms with Gasteiger partial charge in [-0.3, -0.25) is 4.98 Å². The summed E-state index contributed by atoms with van der Waals surface area (Å²) < 4.78 is 2.24. The lowest BCUT2D eigenvalue weighted by Gasteiger charge is -2.31. The first-order chi connectivity index (χ1) is 13.6. The van der Waals surface area contributed by atoms with Crippen molar-refractivity contribution in [3.63, 3.8) is 0 Å². The van der Waals surface area contributed by atoms with Gasteiger partial charge < -0.3 is 4.57 Å². The van der Waals surface area contributed by atoms with Gasteiger partial charge in [0, 0.05) is 36.0 Å². The molecule has 0 bridgehead atoms. The monoisotopic (exact) mass is 383 g/mol. The van der Waals surface area contributed by atoms with Crippen LogP contribution in [0.15, 0.2) is 17.8 Å². The zero-order valence-corrected chi connectivity index (χ0v) is 18.8. The molecule has 0 saturated heterocycles. The molecule has 0 atom stereocenters. The van der Waals surface area contributed by atoms with Crippen molar-refractivity contribution in [3.8, 4) is 6.07 Å². The Morgan fingerprint density at radius 3 is 2.38 bits per heavy atom. The molecule has 0 N–H and O–H groups in total. The Hall–Kier alpha value is -2.86. The van der Waals surface area contributed by atoms with Crippen molar-refractivity contribution in [2.75, 3.05) is 0 Å². The summed E-state index contributed by atoms with van der Waals surface area (Å²) in [5.74, 6) is 0. The zero-order chi connectivity index (χ0) is 21.2. The van der Waals surface area contributed by atoms with Crippen LogP contribution in [0.3, 0.4) is 0 Å². The Morgan fingerprint density at radius 2 is 1.72 bits per heavy atom. The Balaban J connectivity index is 1.95. The predicted molar refractivity (Wildman–Crippen MR) is 120 cm³/mol. The lowest BCUT2D eigenvalue weighted by molar-refractivity contribution is 0.614. The molecule has 1 aliphatic carbocycles. The molecule has 3 nitrogen and oxygen atoms in total. The van der Waals surface area contributed by atoms with Gasteiger partial charge in [-0.15, -0.1) is 0 Å². The number of hydrogen-bond donors (Lipinski definition) is 0. The largest absolute Gasteiger partial charge is 0.350 e. The van der Waals surface area contributed by atoms with E-state index < -0.39 is 0 Å². The van der Waals surface area contributed by atoms with E-state index in [0.29, 0.717) is 5.56 Å². The predicted octanol–water partition coefficient (Wildman–Crippen LogP) is 5.90. The van der Waals surface area contributed by atoms with Crippen LogP contribution in [-0.2, 0) is 18.9 Å². The van der Waals surface area contributed by atoms with Crippen LogP contribution in [0, 0.1) is 45.9 Å². The van der Waals surface area contributed by atoms with Gasteiger partial charge >= 0.3 is 0 Å². The van der Waals surface area contributed by atoms with Crippen LogP contribution in [-0.4, -0.2) is 9.55 Å². The second kappa shape index (κ2) is 6.32. The van der Waals surface area contributed by atoms with Crippen molar-refractivity contribution < 1.29 is 0 Å². The average Bonchev–Trinajstić information content (AvgIpc) is 3.25. The van der Waals surface area contributed by atoms with Crippen molar-refractivity contribution in [3.05, 3.63) is 68.2 Å². The van der Waals surface area contributed by atoms with Gasteiger partial charge in [0.05, 0.1) is 22.5 Å². The van der Waals surface area contributed by atoms with E-state index in [1.54, 1.807) is 0 Å². The summed E-state index contributed by atoms with van der Waals surface area (Å²) >= 11 is 0. The molecule has 3 heteroatoms. The van der Waals surface area contributed by atoms with E-state index in [9.17, 15) is 5.26 Å². The molecule has 0 radical (unpaired) electrons. The topological polar surface area (TPSA) is 41.6 Å². The standard InChI is InChI=1S/C26H29N3/c1-14-15(2)24(20-9-10-29(8)25(20)16(14)3)26(6,7)19-11-21-17(4)22(13-27)18(5)28-23(21)12-19/h9-11H,12H2,1-8H3. The minimum atomic E-state index is -0.129. The van der Waals surface area contributed by atoms with Gasteiger partial charge in [0.1, 0.15) is 6.07 Å². The molecular formula is C26H29N3. The number of nitrogens with zero attached hydrogens (tertiary/aromatic N) is 3. The number of fused-ring (bicyclic) bond motifs is 2. The lowest BCUT2D eigenvalue weighted by Crippen LogP contribution is -2.23. The quantitative estimate of drug-likeness (QED) is 0.552. The highest BCUT2D eigenvalue weighted by Crippen LogP contribution is 2.45. The molecule has 1 aliphatic rings. The molecular weight excluding hydrogens is 354 g/mol. The van der Waals surface area contributed by atoms with Gasteiger partial charge in [0.25, 0.3) is 0 Å². The highest BCUT2D eigenvalue weighted by atomic mass is 14.9. The van der Waals surface area contributed by atoms with Crippen LogP contribution >= 0.6 is 0 Å². The Kier molecular flexibility index (Phi) is 4.24. The van der Waals surface area contributed by atoms with E-state index in [0.717, 1.165) is 28.9 Å². The third kappa shape index (κ3) is 2.59. The maximum absolute atomic E-state index is 9.53. The van der Waals surface area contributed by atoms with E-state index in [4.69, 9.17) is 4.98 Å². The maximum atomic E-state index is 9.53. The summed E-state index contributed by atoms with van der Waals surface area (Å²) in [5.41, 5.74) is 12.9. The SMILES string of the molecule is Cc1nc2c(c(C)c1C#N)C=C(C(C)(C)c1c(C)c(C)c(C)c3c1ccn3C)C2. The summed E-state index contributed by atoms with van der Waals surface area (Å²) in [6.45, 7) is 15.4. The Labute approximate surface area is 173 Å². The van der Waals surface area contributed by atoms with Gasteiger partial charge in [-0.2, -0.15) is 5.26 Å². The van der Waals surface area contributed by atoms with Crippen molar-refractivity contribution in [1.29, 1.82) is 5.26 Å². The number of nitriles is 1. The first kappa shape index (κ1) is 19.5. The second-order valence-corrected chi connectivity index (χ2v) is 9.08. The van der Waals surface area contributed by atoms with E-state index in [1.807, 2.05) is 6.92 Å². The van der Waals surface area contributed by atoms with Gasteiger partial charge in [0.2, 0.25) is 0 Å². The number of aromatic nitrogens is 2. The van der Waals surface area contributed by atoms with Crippen molar-refractivity contribution >= 4 is 17.0 Å². The van der Waals surface area contributed by atoms with Gasteiger partial charge in [0.15, 0.2) is 0 Å². The normalized spacial score (nSPS) is 13.6. The molecule has 29 heavy (non-hydrogen) atoms. The van der Waals surface area contributed by atoms with Crippen molar-refractivity contribution in [2.45, 2.75) is 60.3 Å². The van der Waals surface area contributed by atoms with Crippen molar-refractivity contribution in [2.24, 2.45) is 7.05 Å². The highest BCUT2D eigenvalue weighted by molar-refractivity contribution is 5.91. The van der Waals surface area contributed by atoms with E-state index >= 15 is 0 Å². The Morgan fingerprint density at radius 1 is 1.03 bits per heavy atom. The molecule has 0 fully saturated rings. The van der Waals surface area contributed by atoms with Gasteiger partial charge in [-0.25, -0.2) is 0 Å². The number of hydrogen-bond acceptors (Lipinski definition) is 2. The number of aryl methyl sites for hydroxylation is 3. The van der Waals surface area contributed by atoms with Crippen LogP contribution in [0.25, 0.3) is 17.0 Å². The molecule has 0 unspecified atom stereocenters. The average molecular weight is 384 g/mol. The van der Waals surface area contributed by atoms with E-state index in [2.05, 4.69) is 77.6 Å². The Bertz CT molecular complexity index is 1260. The summed E-state index contributed by atoms with van der Waals surface area (Å²) in [7, 11) is 2.13. The molecule has 4 rings (SSSR count). The number of pyridine rings is 1. The third-order valence-electron chi connectivity index (χ3n) is 7.17. The molecule has 0 spiro atoms. The second-order valence-electron chi connectivity index (χ2n) is 9.08. The molecule has 148 valence electrons.